The highest BCUT2D eigenvalue weighted by atomic mass is 14.6. The summed E-state index contributed by atoms with van der Waals surface area (Å²) in [6.07, 6.45) is 18.4. The van der Waals surface area contributed by atoms with E-state index in [9.17, 15) is 0 Å². The molecule has 0 radical (unpaired) electrons. The van der Waals surface area contributed by atoms with Crippen LogP contribution in [0.2, 0.25) is 0 Å². The van der Waals surface area contributed by atoms with Gasteiger partial charge in [0.25, 0.3) is 0 Å². The maximum Gasteiger partial charge on any atom is -0.0264 e. The minimum atomic E-state index is 0.688. The van der Waals surface area contributed by atoms with Gasteiger partial charge in [-0.25, -0.2) is 0 Å². The van der Waals surface area contributed by atoms with E-state index < -0.39 is 0 Å². The second kappa shape index (κ2) is 6.31. The molecule has 0 bridgehead atoms. The van der Waals surface area contributed by atoms with Crippen LogP contribution in [0.4, 0.5) is 0 Å². The minimum Gasteiger partial charge on any atom is -0.0654 e. The fourth-order valence-electron chi connectivity index (χ4n) is 8.93. The molecule has 0 N–H and O–H groups in total. The maximum atomic E-state index is 2.73. The summed E-state index contributed by atoms with van der Waals surface area (Å²) in [5, 5.41) is 0. The first-order chi connectivity index (χ1) is 11.5. The summed E-state index contributed by atoms with van der Waals surface area (Å²) in [5.74, 6) is 6.30. The number of fused-ring (bicyclic) bond motifs is 5. The van der Waals surface area contributed by atoms with Gasteiger partial charge in [0.05, 0.1) is 0 Å². The summed E-state index contributed by atoms with van der Waals surface area (Å²) in [6, 6.07) is 0. The van der Waals surface area contributed by atoms with E-state index >= 15 is 0 Å². The van der Waals surface area contributed by atoms with Crippen molar-refractivity contribution in [2.75, 3.05) is 0 Å². The van der Waals surface area contributed by atoms with Crippen molar-refractivity contribution in [1.82, 2.24) is 0 Å². The number of rotatable bonds is 3. The highest BCUT2D eigenvalue weighted by Gasteiger charge is 2.59. The molecule has 4 fully saturated rings. The van der Waals surface area contributed by atoms with Gasteiger partial charge in [-0.15, -0.1) is 0 Å². The van der Waals surface area contributed by atoms with Gasteiger partial charge in [-0.1, -0.05) is 53.4 Å². The van der Waals surface area contributed by atoms with Crippen molar-refractivity contribution in [3.8, 4) is 0 Å². The fraction of sp³-hybridized carbons (Fsp3) is 1.00. The van der Waals surface area contributed by atoms with E-state index in [1.54, 1.807) is 51.4 Å². The summed E-state index contributed by atoms with van der Waals surface area (Å²) in [4.78, 5) is 0. The van der Waals surface area contributed by atoms with Crippen LogP contribution in [0.3, 0.4) is 0 Å². The van der Waals surface area contributed by atoms with Crippen molar-refractivity contribution >= 4 is 0 Å². The Bertz CT molecular complexity index is 453. The van der Waals surface area contributed by atoms with Gasteiger partial charge in [-0.05, 0) is 97.7 Å². The van der Waals surface area contributed by atoms with Gasteiger partial charge in [-0.3, -0.25) is 0 Å². The maximum absolute atomic E-state index is 2.73. The lowest BCUT2D eigenvalue weighted by molar-refractivity contribution is -0.114. The van der Waals surface area contributed by atoms with E-state index in [1.165, 1.54) is 25.7 Å². The average Bonchev–Trinajstić information content (AvgIpc) is 2.92. The molecular formula is C24H42. The lowest BCUT2D eigenvalue weighted by Gasteiger charge is -2.61. The molecule has 0 amide bonds. The fourth-order valence-corrected chi connectivity index (χ4v) is 8.93. The summed E-state index contributed by atoms with van der Waals surface area (Å²) in [7, 11) is 0. The summed E-state index contributed by atoms with van der Waals surface area (Å²) >= 11 is 0. The van der Waals surface area contributed by atoms with Crippen molar-refractivity contribution in [2.24, 2.45) is 46.3 Å². The van der Waals surface area contributed by atoms with Crippen LogP contribution < -0.4 is 0 Å². The zero-order valence-electron chi connectivity index (χ0n) is 16.9. The molecule has 7 unspecified atom stereocenters. The Morgan fingerprint density at radius 2 is 1.62 bits per heavy atom. The molecular weight excluding hydrogens is 288 g/mol. The van der Waals surface area contributed by atoms with Crippen molar-refractivity contribution < 1.29 is 0 Å². The van der Waals surface area contributed by atoms with Crippen LogP contribution in [0, 0.1) is 46.3 Å². The molecule has 4 saturated carbocycles. The predicted molar refractivity (Wildman–Crippen MR) is 104 cm³/mol. The van der Waals surface area contributed by atoms with Crippen LogP contribution in [0.5, 0.6) is 0 Å². The van der Waals surface area contributed by atoms with E-state index in [-0.39, 0.29) is 0 Å². The van der Waals surface area contributed by atoms with Crippen molar-refractivity contribution in [2.45, 2.75) is 105 Å². The van der Waals surface area contributed by atoms with Crippen LogP contribution in [0.25, 0.3) is 0 Å². The van der Waals surface area contributed by atoms with Crippen LogP contribution in [0.15, 0.2) is 0 Å². The van der Waals surface area contributed by atoms with Crippen LogP contribution in [0.1, 0.15) is 105 Å². The first-order valence-electron chi connectivity index (χ1n) is 11.5. The van der Waals surface area contributed by atoms with Gasteiger partial charge in [0.1, 0.15) is 0 Å². The van der Waals surface area contributed by atoms with E-state index in [0.717, 1.165) is 40.9 Å². The molecule has 138 valence electrons. The predicted octanol–water partition coefficient (Wildman–Crippen LogP) is 7.47. The normalized spacial score (nSPS) is 52.2. The molecule has 4 aliphatic rings. The molecule has 0 heteroatoms. The molecule has 0 aromatic carbocycles. The first-order valence-corrected chi connectivity index (χ1v) is 11.5. The molecule has 4 aliphatic carbocycles. The Labute approximate surface area is 151 Å². The summed E-state index contributed by atoms with van der Waals surface area (Å²) in [5.41, 5.74) is 1.41. The lowest BCUT2D eigenvalue weighted by Crippen LogP contribution is -2.53. The zero-order valence-corrected chi connectivity index (χ0v) is 16.9. The quantitative estimate of drug-likeness (QED) is 0.503. The Morgan fingerprint density at radius 1 is 0.833 bits per heavy atom. The second-order valence-corrected chi connectivity index (χ2v) is 10.9. The molecule has 4 rings (SSSR count). The van der Waals surface area contributed by atoms with Gasteiger partial charge >= 0.3 is 0 Å². The molecule has 0 heterocycles. The van der Waals surface area contributed by atoms with E-state index in [0.29, 0.717) is 5.41 Å². The molecule has 0 nitrogen and oxygen atoms in total. The van der Waals surface area contributed by atoms with Gasteiger partial charge < -0.3 is 0 Å². The molecule has 0 aromatic rings. The average molecular weight is 331 g/mol. The minimum absolute atomic E-state index is 0.688. The van der Waals surface area contributed by atoms with E-state index in [2.05, 4.69) is 27.7 Å². The Kier molecular flexibility index (Phi) is 4.58. The molecule has 0 aromatic heterocycles. The van der Waals surface area contributed by atoms with Crippen molar-refractivity contribution in [3.05, 3.63) is 0 Å². The highest BCUT2D eigenvalue weighted by Crippen LogP contribution is 2.68. The van der Waals surface area contributed by atoms with Gasteiger partial charge in [0.15, 0.2) is 0 Å². The molecule has 0 spiro atoms. The zero-order chi connectivity index (χ0) is 16.9. The monoisotopic (exact) mass is 330 g/mol. The lowest BCUT2D eigenvalue weighted by atomic mass is 9.44. The summed E-state index contributed by atoms with van der Waals surface area (Å²) < 4.78 is 0. The van der Waals surface area contributed by atoms with Crippen molar-refractivity contribution in [1.29, 1.82) is 0 Å². The van der Waals surface area contributed by atoms with E-state index in [4.69, 9.17) is 0 Å². The molecule has 24 heavy (non-hydrogen) atoms. The Morgan fingerprint density at radius 3 is 2.42 bits per heavy atom. The number of hydrogen-bond acceptors (Lipinski definition) is 0. The molecule has 8 atom stereocenters. The largest absolute Gasteiger partial charge is 0.0654 e. The smallest absolute Gasteiger partial charge is 0.0264 e. The number of hydrogen-bond donors (Lipinski definition) is 0. The van der Waals surface area contributed by atoms with Gasteiger partial charge in [0.2, 0.25) is 0 Å². The van der Waals surface area contributed by atoms with E-state index in [1.807, 2.05) is 0 Å². The highest BCUT2D eigenvalue weighted by molar-refractivity contribution is 5.09. The second-order valence-electron chi connectivity index (χ2n) is 10.9. The topological polar surface area (TPSA) is 0 Å². The third kappa shape index (κ3) is 2.44. The standard InChI is InChI=1S/C24H42/c1-5-8-17(2)20-12-13-21-19-11-10-18-9-6-7-15-23(18,3)22(19)14-16-24(20,21)4/h17-22H,5-16H2,1-4H3/t17-,18?,19?,20?,21?,22?,23?,24?/m1/s1. The van der Waals surface area contributed by atoms with Crippen LogP contribution in [-0.4, -0.2) is 0 Å². The Hall–Kier alpha value is 0. The molecule has 0 saturated heterocycles. The summed E-state index contributed by atoms with van der Waals surface area (Å²) in [6.45, 7) is 10.4. The van der Waals surface area contributed by atoms with Crippen molar-refractivity contribution in [3.63, 3.8) is 0 Å². The Balaban J connectivity index is 1.57. The third-order valence-electron chi connectivity index (χ3n) is 10.1. The van der Waals surface area contributed by atoms with Crippen LogP contribution >= 0.6 is 0 Å². The first kappa shape index (κ1) is 17.4. The van der Waals surface area contributed by atoms with Gasteiger partial charge in [0, 0.05) is 0 Å². The SMILES string of the molecule is CCC[C@@H](C)C1CCC2C3CCC4CCCCC4(C)C3CCC21C. The van der Waals surface area contributed by atoms with Gasteiger partial charge in [-0.2, -0.15) is 0 Å². The molecule has 0 aliphatic heterocycles. The van der Waals surface area contributed by atoms with Crippen LogP contribution in [-0.2, 0) is 0 Å². The third-order valence-corrected chi connectivity index (χ3v) is 10.1.